The molecular formula is C17H29N3O. The lowest BCUT2D eigenvalue weighted by atomic mass is 9.99. The molecule has 0 amide bonds. The molecule has 4 nitrogen and oxygen atoms in total. The minimum Gasteiger partial charge on any atom is -0.372 e. The largest absolute Gasteiger partial charge is 0.372 e. The maximum Gasteiger partial charge on any atom is 0.100 e. The van der Waals surface area contributed by atoms with Crippen LogP contribution >= 0.6 is 0 Å². The number of imidazole rings is 1. The SMILES string of the molecule is CC(C)=CCCC(C)NC1CCOC(c2cncn2C)C1. The fourth-order valence-corrected chi connectivity index (χ4v) is 2.94. The predicted octanol–water partition coefficient (Wildman–Crippen LogP) is 3.36. The van der Waals surface area contributed by atoms with Crippen LogP contribution in [0.4, 0.5) is 0 Å². The standard InChI is InChI=1S/C17H29N3O/c1-13(2)6-5-7-14(3)19-15-8-9-21-17(10-15)16-11-18-12-20(16)4/h6,11-12,14-15,17,19H,5,7-10H2,1-4H3. The molecule has 1 aliphatic heterocycles. The van der Waals surface area contributed by atoms with Crippen LogP contribution in [0.1, 0.15) is 58.3 Å². The quantitative estimate of drug-likeness (QED) is 0.817. The van der Waals surface area contributed by atoms with Crippen LogP contribution in [0.15, 0.2) is 24.2 Å². The first-order valence-corrected chi connectivity index (χ1v) is 8.03. The van der Waals surface area contributed by atoms with E-state index in [4.69, 9.17) is 4.74 Å². The molecule has 1 aliphatic rings. The van der Waals surface area contributed by atoms with E-state index in [0.29, 0.717) is 12.1 Å². The summed E-state index contributed by atoms with van der Waals surface area (Å²) in [5.41, 5.74) is 2.59. The molecule has 0 aromatic carbocycles. The lowest BCUT2D eigenvalue weighted by Crippen LogP contribution is -2.41. The fraction of sp³-hybridized carbons (Fsp3) is 0.706. The minimum absolute atomic E-state index is 0.175. The Kier molecular flexibility index (Phi) is 6.00. The van der Waals surface area contributed by atoms with Gasteiger partial charge in [-0.25, -0.2) is 4.98 Å². The van der Waals surface area contributed by atoms with E-state index in [0.717, 1.165) is 25.9 Å². The molecule has 0 radical (unpaired) electrons. The van der Waals surface area contributed by atoms with Crippen molar-refractivity contribution in [1.29, 1.82) is 0 Å². The summed E-state index contributed by atoms with van der Waals surface area (Å²) < 4.78 is 7.98. The molecular weight excluding hydrogens is 262 g/mol. The highest BCUT2D eigenvalue weighted by molar-refractivity contribution is 5.04. The van der Waals surface area contributed by atoms with Gasteiger partial charge in [0, 0.05) is 25.7 Å². The Balaban J connectivity index is 1.81. The van der Waals surface area contributed by atoms with Gasteiger partial charge in [-0.05, 0) is 46.5 Å². The minimum atomic E-state index is 0.175. The molecule has 1 N–H and O–H groups in total. The Bertz CT molecular complexity index is 462. The number of aromatic nitrogens is 2. The van der Waals surface area contributed by atoms with E-state index >= 15 is 0 Å². The van der Waals surface area contributed by atoms with Crippen molar-refractivity contribution < 1.29 is 4.74 Å². The zero-order chi connectivity index (χ0) is 15.2. The lowest BCUT2D eigenvalue weighted by molar-refractivity contribution is -0.00543. The van der Waals surface area contributed by atoms with Gasteiger partial charge in [0.15, 0.2) is 0 Å². The molecule has 2 heterocycles. The molecule has 0 spiro atoms. The van der Waals surface area contributed by atoms with Crippen molar-refractivity contribution in [1.82, 2.24) is 14.9 Å². The van der Waals surface area contributed by atoms with E-state index in [1.807, 2.05) is 19.6 Å². The second kappa shape index (κ2) is 7.76. The average Bonchev–Trinajstić information content (AvgIpc) is 2.85. The van der Waals surface area contributed by atoms with Crippen LogP contribution in [0.3, 0.4) is 0 Å². The van der Waals surface area contributed by atoms with Gasteiger partial charge in [-0.2, -0.15) is 0 Å². The molecule has 1 aromatic heterocycles. The third-order valence-electron chi connectivity index (χ3n) is 4.14. The first-order valence-electron chi connectivity index (χ1n) is 8.03. The first kappa shape index (κ1) is 16.2. The van der Waals surface area contributed by atoms with Crippen molar-refractivity contribution in [2.45, 2.75) is 64.6 Å². The number of hydrogen-bond donors (Lipinski definition) is 1. The molecule has 1 aromatic rings. The Hall–Kier alpha value is -1.13. The van der Waals surface area contributed by atoms with Crippen molar-refractivity contribution >= 4 is 0 Å². The molecule has 118 valence electrons. The van der Waals surface area contributed by atoms with Crippen LogP contribution in [-0.2, 0) is 11.8 Å². The zero-order valence-corrected chi connectivity index (χ0v) is 13.8. The number of allylic oxidation sites excluding steroid dienone is 2. The van der Waals surface area contributed by atoms with Gasteiger partial charge in [-0.1, -0.05) is 11.6 Å². The maximum absolute atomic E-state index is 5.92. The van der Waals surface area contributed by atoms with Gasteiger partial charge in [0.05, 0.1) is 18.2 Å². The lowest BCUT2D eigenvalue weighted by Gasteiger charge is -2.32. The van der Waals surface area contributed by atoms with E-state index in [-0.39, 0.29) is 6.10 Å². The van der Waals surface area contributed by atoms with Crippen LogP contribution < -0.4 is 5.32 Å². The summed E-state index contributed by atoms with van der Waals surface area (Å²) in [6, 6.07) is 1.09. The number of ether oxygens (including phenoxy) is 1. The van der Waals surface area contributed by atoms with Crippen LogP contribution in [0.2, 0.25) is 0 Å². The summed E-state index contributed by atoms with van der Waals surface area (Å²) in [4.78, 5) is 4.20. The molecule has 4 heteroatoms. The summed E-state index contributed by atoms with van der Waals surface area (Å²) in [6.45, 7) is 7.44. The second-order valence-electron chi connectivity index (χ2n) is 6.44. The Morgan fingerprint density at radius 3 is 3.05 bits per heavy atom. The molecule has 2 rings (SSSR count). The highest BCUT2D eigenvalue weighted by Crippen LogP contribution is 2.27. The molecule has 1 saturated heterocycles. The maximum atomic E-state index is 5.92. The van der Waals surface area contributed by atoms with Crippen molar-refractivity contribution in [3.63, 3.8) is 0 Å². The van der Waals surface area contributed by atoms with Crippen LogP contribution in [0, 0.1) is 0 Å². The number of nitrogens with zero attached hydrogens (tertiary/aromatic N) is 2. The van der Waals surface area contributed by atoms with Crippen LogP contribution in [0.5, 0.6) is 0 Å². The third-order valence-corrected chi connectivity index (χ3v) is 4.14. The van der Waals surface area contributed by atoms with Crippen molar-refractivity contribution in [3.8, 4) is 0 Å². The van der Waals surface area contributed by atoms with E-state index in [2.05, 4.69) is 41.7 Å². The predicted molar refractivity (Wildman–Crippen MR) is 86.2 cm³/mol. The molecule has 0 saturated carbocycles. The van der Waals surface area contributed by atoms with E-state index in [9.17, 15) is 0 Å². The molecule has 21 heavy (non-hydrogen) atoms. The van der Waals surface area contributed by atoms with Crippen molar-refractivity contribution in [3.05, 3.63) is 29.9 Å². The summed E-state index contributed by atoms with van der Waals surface area (Å²) >= 11 is 0. The topological polar surface area (TPSA) is 39.1 Å². The summed E-state index contributed by atoms with van der Waals surface area (Å²) in [5, 5.41) is 3.77. The fourth-order valence-electron chi connectivity index (χ4n) is 2.94. The normalized spacial score (nSPS) is 23.8. The number of aryl methyl sites for hydroxylation is 1. The Morgan fingerprint density at radius 1 is 1.57 bits per heavy atom. The van der Waals surface area contributed by atoms with Gasteiger partial charge in [0.1, 0.15) is 6.10 Å². The van der Waals surface area contributed by atoms with E-state index in [1.54, 1.807) is 0 Å². The van der Waals surface area contributed by atoms with Crippen LogP contribution in [0.25, 0.3) is 0 Å². The number of nitrogens with one attached hydrogen (secondary N) is 1. The molecule has 3 unspecified atom stereocenters. The first-order chi connectivity index (χ1) is 10.1. The number of rotatable bonds is 6. The smallest absolute Gasteiger partial charge is 0.100 e. The summed E-state index contributed by atoms with van der Waals surface area (Å²) in [5.74, 6) is 0. The number of hydrogen-bond acceptors (Lipinski definition) is 3. The summed E-state index contributed by atoms with van der Waals surface area (Å²) in [7, 11) is 2.03. The van der Waals surface area contributed by atoms with E-state index in [1.165, 1.54) is 17.7 Å². The molecule has 0 bridgehead atoms. The van der Waals surface area contributed by atoms with Crippen molar-refractivity contribution in [2.24, 2.45) is 7.05 Å². The Labute approximate surface area is 128 Å². The van der Waals surface area contributed by atoms with Gasteiger partial charge in [-0.15, -0.1) is 0 Å². The second-order valence-corrected chi connectivity index (χ2v) is 6.44. The van der Waals surface area contributed by atoms with Gasteiger partial charge in [0.25, 0.3) is 0 Å². The average molecular weight is 291 g/mol. The summed E-state index contributed by atoms with van der Waals surface area (Å²) in [6.07, 6.45) is 10.7. The highest BCUT2D eigenvalue weighted by Gasteiger charge is 2.26. The van der Waals surface area contributed by atoms with Gasteiger partial charge >= 0.3 is 0 Å². The van der Waals surface area contributed by atoms with Gasteiger partial charge < -0.3 is 14.6 Å². The monoisotopic (exact) mass is 291 g/mol. The zero-order valence-electron chi connectivity index (χ0n) is 13.8. The van der Waals surface area contributed by atoms with Gasteiger partial charge in [-0.3, -0.25) is 0 Å². The highest BCUT2D eigenvalue weighted by atomic mass is 16.5. The van der Waals surface area contributed by atoms with Gasteiger partial charge in [0.2, 0.25) is 0 Å². The molecule has 0 aliphatic carbocycles. The van der Waals surface area contributed by atoms with Crippen molar-refractivity contribution in [2.75, 3.05) is 6.61 Å². The third kappa shape index (κ3) is 4.97. The molecule has 1 fully saturated rings. The van der Waals surface area contributed by atoms with Crippen LogP contribution in [-0.4, -0.2) is 28.2 Å². The Morgan fingerprint density at radius 2 is 2.38 bits per heavy atom. The molecule has 3 atom stereocenters. The van der Waals surface area contributed by atoms with E-state index < -0.39 is 0 Å².